The summed E-state index contributed by atoms with van der Waals surface area (Å²) < 4.78 is 5.51. The second-order valence-corrected chi connectivity index (χ2v) is 6.35. The number of hydrogen-bond donors (Lipinski definition) is 2. The first kappa shape index (κ1) is 15.8. The molecule has 6 heteroatoms. The number of nitrogens with one attached hydrogen (secondary N) is 1. The molecule has 0 saturated heterocycles. The van der Waals surface area contributed by atoms with Gasteiger partial charge in [-0.25, -0.2) is 4.79 Å². The highest BCUT2D eigenvalue weighted by Crippen LogP contribution is 2.22. The SMILES string of the molecule is CC(C)(C)CCC(NC(=O)c1ccc(Br)o1)C(=O)O. The van der Waals surface area contributed by atoms with Crippen molar-refractivity contribution in [3.63, 3.8) is 0 Å². The van der Waals surface area contributed by atoms with E-state index in [1.807, 2.05) is 20.8 Å². The Morgan fingerprint density at radius 1 is 1.42 bits per heavy atom. The molecule has 0 spiro atoms. The Hall–Kier alpha value is -1.30. The maximum atomic E-state index is 11.8. The molecule has 106 valence electrons. The van der Waals surface area contributed by atoms with Crippen molar-refractivity contribution in [2.45, 2.75) is 39.7 Å². The summed E-state index contributed by atoms with van der Waals surface area (Å²) in [5.74, 6) is -1.47. The molecule has 0 aliphatic carbocycles. The van der Waals surface area contributed by atoms with Crippen LogP contribution >= 0.6 is 15.9 Å². The average Bonchev–Trinajstić information content (AvgIpc) is 2.69. The van der Waals surface area contributed by atoms with Crippen molar-refractivity contribution in [1.29, 1.82) is 0 Å². The number of aliphatic carboxylic acids is 1. The Kier molecular flexibility index (Phi) is 5.17. The smallest absolute Gasteiger partial charge is 0.326 e. The number of carbonyl (C=O) groups excluding carboxylic acids is 1. The van der Waals surface area contributed by atoms with Gasteiger partial charge in [0.25, 0.3) is 5.91 Å². The van der Waals surface area contributed by atoms with Gasteiger partial charge in [-0.05, 0) is 46.3 Å². The lowest BCUT2D eigenvalue weighted by Crippen LogP contribution is -2.41. The molecule has 0 saturated carbocycles. The van der Waals surface area contributed by atoms with E-state index in [0.717, 1.165) is 0 Å². The van der Waals surface area contributed by atoms with E-state index in [-0.39, 0.29) is 11.2 Å². The third-order valence-corrected chi connectivity index (χ3v) is 3.01. The van der Waals surface area contributed by atoms with Gasteiger partial charge in [0.1, 0.15) is 6.04 Å². The molecule has 19 heavy (non-hydrogen) atoms. The molecule has 1 rings (SSSR count). The van der Waals surface area contributed by atoms with Crippen LogP contribution in [0.15, 0.2) is 21.2 Å². The molecule has 5 nitrogen and oxygen atoms in total. The molecule has 1 amide bonds. The first-order valence-electron chi connectivity index (χ1n) is 5.98. The van der Waals surface area contributed by atoms with E-state index in [1.54, 1.807) is 6.07 Å². The lowest BCUT2D eigenvalue weighted by atomic mass is 9.88. The van der Waals surface area contributed by atoms with Crippen LogP contribution in [0.2, 0.25) is 0 Å². The van der Waals surface area contributed by atoms with Crippen LogP contribution in [0.4, 0.5) is 0 Å². The molecule has 2 N–H and O–H groups in total. The minimum Gasteiger partial charge on any atom is -0.480 e. The van der Waals surface area contributed by atoms with Crippen LogP contribution in [0, 0.1) is 5.41 Å². The highest BCUT2D eigenvalue weighted by Gasteiger charge is 2.24. The van der Waals surface area contributed by atoms with Crippen molar-refractivity contribution >= 4 is 27.8 Å². The Labute approximate surface area is 120 Å². The zero-order valence-corrected chi connectivity index (χ0v) is 12.8. The molecule has 1 heterocycles. The van der Waals surface area contributed by atoms with Crippen molar-refractivity contribution in [2.75, 3.05) is 0 Å². The minimum atomic E-state index is -1.04. The summed E-state index contributed by atoms with van der Waals surface area (Å²) in [7, 11) is 0. The second-order valence-electron chi connectivity index (χ2n) is 5.57. The van der Waals surface area contributed by atoms with E-state index in [0.29, 0.717) is 17.5 Å². The normalized spacial score (nSPS) is 13.1. The Balaban J connectivity index is 2.63. The Morgan fingerprint density at radius 2 is 2.05 bits per heavy atom. The van der Waals surface area contributed by atoms with E-state index < -0.39 is 17.9 Å². The number of carboxylic acids is 1. The minimum absolute atomic E-state index is 0.0200. The number of rotatable bonds is 5. The molecule has 0 aliphatic heterocycles. The van der Waals surface area contributed by atoms with Crippen LogP contribution in [-0.2, 0) is 4.79 Å². The highest BCUT2D eigenvalue weighted by atomic mass is 79.9. The van der Waals surface area contributed by atoms with Crippen LogP contribution < -0.4 is 5.32 Å². The van der Waals surface area contributed by atoms with E-state index in [9.17, 15) is 9.59 Å². The maximum absolute atomic E-state index is 11.8. The van der Waals surface area contributed by atoms with E-state index in [2.05, 4.69) is 21.2 Å². The Morgan fingerprint density at radius 3 is 2.47 bits per heavy atom. The number of halogens is 1. The van der Waals surface area contributed by atoms with Gasteiger partial charge in [-0.1, -0.05) is 20.8 Å². The molecular weight excluding hydrogens is 314 g/mol. The molecule has 0 radical (unpaired) electrons. The molecule has 1 atom stereocenters. The van der Waals surface area contributed by atoms with Crippen LogP contribution in [-0.4, -0.2) is 23.0 Å². The third-order valence-electron chi connectivity index (χ3n) is 2.58. The van der Waals surface area contributed by atoms with E-state index >= 15 is 0 Å². The molecule has 0 bridgehead atoms. The highest BCUT2D eigenvalue weighted by molar-refractivity contribution is 9.10. The first-order valence-corrected chi connectivity index (χ1v) is 6.77. The molecular formula is C13H18BrNO4. The summed E-state index contributed by atoms with van der Waals surface area (Å²) in [5, 5.41) is 11.6. The van der Waals surface area contributed by atoms with Gasteiger partial charge in [-0.3, -0.25) is 4.79 Å². The summed E-state index contributed by atoms with van der Waals surface area (Å²) >= 11 is 3.09. The lowest BCUT2D eigenvalue weighted by Gasteiger charge is -2.21. The fourth-order valence-electron chi connectivity index (χ4n) is 1.50. The molecule has 0 aliphatic rings. The quantitative estimate of drug-likeness (QED) is 0.868. The molecule has 0 aromatic carbocycles. The fraction of sp³-hybridized carbons (Fsp3) is 0.538. The van der Waals surface area contributed by atoms with Crippen molar-refractivity contribution in [1.82, 2.24) is 5.32 Å². The topological polar surface area (TPSA) is 79.5 Å². The van der Waals surface area contributed by atoms with Crippen molar-refractivity contribution in [2.24, 2.45) is 5.41 Å². The van der Waals surface area contributed by atoms with Crippen LogP contribution in [0.25, 0.3) is 0 Å². The molecule has 1 aromatic rings. The first-order chi connectivity index (χ1) is 8.69. The molecule has 0 fully saturated rings. The molecule has 1 aromatic heterocycles. The summed E-state index contributed by atoms with van der Waals surface area (Å²) in [5.41, 5.74) is 0.0200. The van der Waals surface area contributed by atoms with Gasteiger partial charge in [-0.15, -0.1) is 0 Å². The summed E-state index contributed by atoms with van der Waals surface area (Å²) in [4.78, 5) is 22.9. The fourth-order valence-corrected chi connectivity index (χ4v) is 1.81. The monoisotopic (exact) mass is 331 g/mol. The van der Waals surface area contributed by atoms with Crippen LogP contribution in [0.3, 0.4) is 0 Å². The number of hydrogen-bond acceptors (Lipinski definition) is 3. The number of carboxylic acid groups (broad SMARTS) is 1. The number of amides is 1. The summed E-state index contributed by atoms with van der Waals surface area (Å²) in [6, 6.07) is 2.16. The van der Waals surface area contributed by atoms with Crippen LogP contribution in [0.1, 0.15) is 44.2 Å². The number of furan rings is 1. The van der Waals surface area contributed by atoms with Crippen LogP contribution in [0.5, 0.6) is 0 Å². The van der Waals surface area contributed by atoms with E-state index in [4.69, 9.17) is 9.52 Å². The average molecular weight is 332 g/mol. The van der Waals surface area contributed by atoms with Crippen molar-refractivity contribution in [3.8, 4) is 0 Å². The lowest BCUT2D eigenvalue weighted by molar-refractivity contribution is -0.139. The zero-order chi connectivity index (χ0) is 14.6. The second kappa shape index (κ2) is 6.23. The van der Waals surface area contributed by atoms with Gasteiger partial charge < -0.3 is 14.8 Å². The van der Waals surface area contributed by atoms with Gasteiger partial charge in [0.05, 0.1) is 0 Å². The summed E-state index contributed by atoms with van der Waals surface area (Å²) in [6.07, 6.45) is 1.08. The van der Waals surface area contributed by atoms with Crippen molar-refractivity contribution < 1.29 is 19.1 Å². The summed E-state index contributed by atoms with van der Waals surface area (Å²) in [6.45, 7) is 6.08. The van der Waals surface area contributed by atoms with Gasteiger partial charge in [0.15, 0.2) is 10.4 Å². The Bertz CT molecular complexity index is 461. The van der Waals surface area contributed by atoms with Gasteiger partial charge in [0, 0.05) is 0 Å². The van der Waals surface area contributed by atoms with Crippen molar-refractivity contribution in [3.05, 3.63) is 22.6 Å². The maximum Gasteiger partial charge on any atom is 0.326 e. The third kappa shape index (κ3) is 5.46. The predicted octanol–water partition coefficient (Wildman–Crippen LogP) is 3.05. The number of carbonyl (C=O) groups is 2. The molecule has 1 unspecified atom stereocenters. The van der Waals surface area contributed by atoms with E-state index in [1.165, 1.54) is 6.07 Å². The zero-order valence-electron chi connectivity index (χ0n) is 11.2. The van der Waals surface area contributed by atoms with Gasteiger partial charge in [0.2, 0.25) is 0 Å². The van der Waals surface area contributed by atoms with Gasteiger partial charge >= 0.3 is 5.97 Å². The van der Waals surface area contributed by atoms with Gasteiger partial charge in [-0.2, -0.15) is 0 Å². The standard InChI is InChI=1S/C13H18BrNO4/c1-13(2,3)7-6-8(12(17)18)15-11(16)9-4-5-10(14)19-9/h4-5,8H,6-7H2,1-3H3,(H,15,16)(H,17,18). The largest absolute Gasteiger partial charge is 0.480 e. The predicted molar refractivity (Wildman–Crippen MR) is 74.0 cm³/mol.